The quantitative estimate of drug-likeness (QED) is 0.744. The van der Waals surface area contributed by atoms with Crippen LogP contribution in [0.4, 0.5) is 5.69 Å². The molecule has 0 radical (unpaired) electrons. The van der Waals surface area contributed by atoms with Gasteiger partial charge in [-0.2, -0.15) is 0 Å². The Labute approximate surface area is 161 Å². The van der Waals surface area contributed by atoms with Gasteiger partial charge in [-0.1, -0.05) is 11.8 Å². The first kappa shape index (κ1) is 17.9. The molecule has 4 rings (SSSR count). The fourth-order valence-electron chi connectivity index (χ4n) is 3.58. The van der Waals surface area contributed by atoms with E-state index < -0.39 is 0 Å². The molecule has 142 valence electrons. The third-order valence-electron chi connectivity index (χ3n) is 5.10. The number of aromatic nitrogens is 2. The minimum Gasteiger partial charge on any atom is -0.497 e. The number of anilines is 1. The highest BCUT2D eigenvalue weighted by Gasteiger charge is 2.29. The van der Waals surface area contributed by atoms with Gasteiger partial charge in [0.1, 0.15) is 5.75 Å². The molecule has 0 spiro atoms. The van der Waals surface area contributed by atoms with Crippen molar-refractivity contribution in [1.82, 2.24) is 14.5 Å². The van der Waals surface area contributed by atoms with Gasteiger partial charge in [-0.15, -0.1) is 0 Å². The van der Waals surface area contributed by atoms with Crippen molar-refractivity contribution in [2.24, 2.45) is 0 Å². The molecule has 0 aliphatic carbocycles. The number of fused-ring (bicyclic) bond motifs is 1. The number of benzene rings is 1. The largest absolute Gasteiger partial charge is 0.497 e. The summed E-state index contributed by atoms with van der Waals surface area (Å²) < 4.78 is 6.86. The van der Waals surface area contributed by atoms with Crippen molar-refractivity contribution < 1.29 is 9.53 Å². The molecule has 1 aromatic carbocycles. The molecule has 0 unspecified atom stereocenters. The molecule has 0 saturated carbocycles. The predicted molar refractivity (Wildman–Crippen MR) is 105 cm³/mol. The Balaban J connectivity index is 1.35. The highest BCUT2D eigenvalue weighted by atomic mass is 32.2. The summed E-state index contributed by atoms with van der Waals surface area (Å²) in [5.74, 6) is 1.68. The molecule has 7 nitrogen and oxygen atoms in total. The molecule has 2 aliphatic heterocycles. The van der Waals surface area contributed by atoms with Crippen LogP contribution in [-0.2, 0) is 4.79 Å². The fraction of sp³-hybridized carbons (Fsp3) is 0.421. The van der Waals surface area contributed by atoms with Gasteiger partial charge in [0.05, 0.1) is 13.2 Å². The number of hydrogen-bond donors (Lipinski definition) is 0. The standard InChI is InChI=1S/C19H22N4O3S/c1-26-16-4-2-14(3-5-16)21-8-10-22(11-9-21)18(25)12-15-13-27-19-20-7-6-17(24)23(15)19/h2-7,15H,8-13H2,1H3/t15-/m1/s1. The number of hydrogen-bond acceptors (Lipinski definition) is 6. The minimum absolute atomic E-state index is 0.0767. The Morgan fingerprint density at radius 2 is 1.93 bits per heavy atom. The number of rotatable bonds is 4. The first-order valence-corrected chi connectivity index (χ1v) is 10.0. The van der Waals surface area contributed by atoms with Crippen LogP contribution < -0.4 is 15.2 Å². The highest BCUT2D eigenvalue weighted by Crippen LogP contribution is 2.32. The summed E-state index contributed by atoms with van der Waals surface area (Å²) in [6.07, 6.45) is 1.89. The molecule has 1 fully saturated rings. The van der Waals surface area contributed by atoms with Crippen LogP contribution in [0.5, 0.6) is 5.75 Å². The zero-order chi connectivity index (χ0) is 18.8. The molecule has 2 aromatic rings. The zero-order valence-corrected chi connectivity index (χ0v) is 16.0. The van der Waals surface area contributed by atoms with E-state index in [-0.39, 0.29) is 17.5 Å². The second-order valence-corrected chi connectivity index (χ2v) is 7.66. The highest BCUT2D eigenvalue weighted by molar-refractivity contribution is 7.99. The van der Waals surface area contributed by atoms with E-state index in [4.69, 9.17) is 4.74 Å². The van der Waals surface area contributed by atoms with Crippen LogP contribution in [0.2, 0.25) is 0 Å². The molecule has 0 bridgehead atoms. The third kappa shape index (κ3) is 3.66. The summed E-state index contributed by atoms with van der Waals surface area (Å²) in [4.78, 5) is 33.3. The smallest absolute Gasteiger partial charge is 0.254 e. The summed E-state index contributed by atoms with van der Waals surface area (Å²) in [6, 6.07) is 9.35. The molecular formula is C19H22N4O3S. The van der Waals surface area contributed by atoms with Crippen molar-refractivity contribution in [3.8, 4) is 5.75 Å². The monoisotopic (exact) mass is 386 g/mol. The molecule has 2 aliphatic rings. The lowest BCUT2D eigenvalue weighted by atomic mass is 10.2. The molecule has 1 amide bonds. The Kier molecular flexibility index (Phi) is 5.07. The lowest BCUT2D eigenvalue weighted by molar-refractivity contribution is -0.132. The fourth-order valence-corrected chi connectivity index (χ4v) is 4.70. The van der Waals surface area contributed by atoms with Gasteiger partial charge in [0, 0.05) is 56.3 Å². The van der Waals surface area contributed by atoms with Crippen LogP contribution in [-0.4, -0.2) is 59.4 Å². The van der Waals surface area contributed by atoms with Crippen LogP contribution in [0.25, 0.3) is 0 Å². The summed E-state index contributed by atoms with van der Waals surface area (Å²) in [6.45, 7) is 2.99. The summed E-state index contributed by atoms with van der Waals surface area (Å²) in [5.41, 5.74) is 1.06. The number of piperazine rings is 1. The van der Waals surface area contributed by atoms with Gasteiger partial charge < -0.3 is 14.5 Å². The summed E-state index contributed by atoms with van der Waals surface area (Å²) >= 11 is 1.54. The van der Waals surface area contributed by atoms with Crippen LogP contribution in [0.1, 0.15) is 12.5 Å². The number of carbonyl (C=O) groups excluding carboxylic acids is 1. The number of carbonyl (C=O) groups is 1. The van der Waals surface area contributed by atoms with Gasteiger partial charge in [-0.3, -0.25) is 14.2 Å². The number of methoxy groups -OCH3 is 1. The van der Waals surface area contributed by atoms with E-state index in [0.29, 0.717) is 24.7 Å². The van der Waals surface area contributed by atoms with Crippen molar-refractivity contribution in [2.75, 3.05) is 43.9 Å². The van der Waals surface area contributed by atoms with Crippen molar-refractivity contribution in [3.05, 3.63) is 46.9 Å². The lowest BCUT2D eigenvalue weighted by Crippen LogP contribution is -2.49. The van der Waals surface area contributed by atoms with E-state index in [0.717, 1.165) is 30.3 Å². The van der Waals surface area contributed by atoms with E-state index in [2.05, 4.69) is 9.88 Å². The summed E-state index contributed by atoms with van der Waals surface area (Å²) in [5, 5.41) is 0.713. The van der Waals surface area contributed by atoms with Crippen LogP contribution in [0.15, 0.2) is 46.5 Å². The van der Waals surface area contributed by atoms with Gasteiger partial charge in [0.15, 0.2) is 5.16 Å². The van der Waals surface area contributed by atoms with Crippen molar-refractivity contribution in [2.45, 2.75) is 17.6 Å². The van der Waals surface area contributed by atoms with Gasteiger partial charge >= 0.3 is 0 Å². The number of nitrogens with zero attached hydrogens (tertiary/aromatic N) is 4. The van der Waals surface area contributed by atoms with Crippen molar-refractivity contribution in [3.63, 3.8) is 0 Å². The van der Waals surface area contributed by atoms with Gasteiger partial charge in [0.25, 0.3) is 5.56 Å². The zero-order valence-electron chi connectivity index (χ0n) is 15.2. The van der Waals surface area contributed by atoms with Gasteiger partial charge in [-0.25, -0.2) is 4.98 Å². The van der Waals surface area contributed by atoms with E-state index in [1.165, 1.54) is 12.3 Å². The third-order valence-corrected chi connectivity index (χ3v) is 6.21. The normalized spacial score (nSPS) is 19.1. The number of ether oxygens (including phenoxy) is 1. The number of thioether (sulfide) groups is 1. The second kappa shape index (κ2) is 7.64. The average molecular weight is 386 g/mol. The average Bonchev–Trinajstić information content (AvgIpc) is 3.12. The van der Waals surface area contributed by atoms with Crippen LogP contribution >= 0.6 is 11.8 Å². The Morgan fingerprint density at radius 3 is 2.63 bits per heavy atom. The van der Waals surface area contributed by atoms with Gasteiger partial charge in [-0.05, 0) is 24.3 Å². The molecule has 0 N–H and O–H groups in total. The molecule has 1 atom stereocenters. The van der Waals surface area contributed by atoms with E-state index in [9.17, 15) is 9.59 Å². The number of amides is 1. The van der Waals surface area contributed by atoms with Crippen LogP contribution in [0.3, 0.4) is 0 Å². The second-order valence-electron chi connectivity index (χ2n) is 6.67. The topological polar surface area (TPSA) is 67.7 Å². The lowest BCUT2D eigenvalue weighted by Gasteiger charge is -2.36. The minimum atomic E-state index is -0.0988. The van der Waals surface area contributed by atoms with E-state index in [1.54, 1.807) is 23.4 Å². The first-order chi connectivity index (χ1) is 13.2. The molecule has 1 saturated heterocycles. The Morgan fingerprint density at radius 1 is 1.19 bits per heavy atom. The maximum atomic E-state index is 12.7. The molecule has 8 heteroatoms. The molecule has 1 aromatic heterocycles. The Bertz CT molecular complexity index is 875. The van der Waals surface area contributed by atoms with E-state index in [1.807, 2.05) is 29.2 Å². The van der Waals surface area contributed by atoms with Crippen molar-refractivity contribution in [1.29, 1.82) is 0 Å². The Hall–Kier alpha value is -2.48. The van der Waals surface area contributed by atoms with E-state index >= 15 is 0 Å². The first-order valence-electron chi connectivity index (χ1n) is 9.03. The SMILES string of the molecule is COc1ccc(N2CCN(C(=O)C[C@@H]3CSc4nccc(=O)n43)CC2)cc1. The molecule has 3 heterocycles. The summed E-state index contributed by atoms with van der Waals surface area (Å²) in [7, 11) is 1.66. The predicted octanol–water partition coefficient (Wildman–Crippen LogP) is 1.64. The van der Waals surface area contributed by atoms with Crippen LogP contribution in [0, 0.1) is 0 Å². The molecule has 27 heavy (non-hydrogen) atoms. The molecular weight excluding hydrogens is 364 g/mol. The maximum absolute atomic E-state index is 12.7. The van der Waals surface area contributed by atoms with Crippen molar-refractivity contribution >= 4 is 23.4 Å². The van der Waals surface area contributed by atoms with Gasteiger partial charge in [0.2, 0.25) is 5.91 Å². The maximum Gasteiger partial charge on any atom is 0.254 e.